The Kier molecular flexibility index (Phi) is 5.77. The Morgan fingerprint density at radius 2 is 2.10 bits per heavy atom. The number of rotatable bonds is 6. The van der Waals surface area contributed by atoms with Gasteiger partial charge in [0.2, 0.25) is 0 Å². The number of ether oxygens (including phenoxy) is 1. The van der Waals surface area contributed by atoms with Crippen LogP contribution in [0.2, 0.25) is 4.34 Å². The van der Waals surface area contributed by atoms with Crippen LogP contribution in [0, 0.1) is 11.6 Å². The van der Waals surface area contributed by atoms with Crippen molar-refractivity contribution in [3.05, 3.63) is 49.6 Å². The summed E-state index contributed by atoms with van der Waals surface area (Å²) in [6, 6.07) is 5.74. The van der Waals surface area contributed by atoms with E-state index >= 15 is 0 Å². The van der Waals surface area contributed by atoms with Crippen molar-refractivity contribution in [1.82, 2.24) is 5.32 Å². The van der Waals surface area contributed by atoms with Gasteiger partial charge in [0.05, 0.1) is 8.81 Å². The first kappa shape index (κ1) is 15.7. The minimum absolute atomic E-state index is 0.0207. The van der Waals surface area contributed by atoms with Gasteiger partial charge in [0.15, 0.2) is 11.6 Å². The minimum Gasteiger partial charge on any atom is -0.488 e. The lowest BCUT2D eigenvalue weighted by atomic mass is 10.3. The van der Waals surface area contributed by atoms with E-state index in [1.54, 1.807) is 0 Å². The maximum absolute atomic E-state index is 13.5. The molecule has 1 aromatic heterocycles. The highest BCUT2D eigenvalue weighted by Crippen LogP contribution is 2.29. The second-order valence-corrected chi connectivity index (χ2v) is 6.58. The largest absolute Gasteiger partial charge is 0.488 e. The topological polar surface area (TPSA) is 21.3 Å². The van der Waals surface area contributed by atoms with Crippen LogP contribution < -0.4 is 10.1 Å². The van der Waals surface area contributed by atoms with Gasteiger partial charge in [0.1, 0.15) is 12.4 Å². The maximum Gasteiger partial charge on any atom is 0.169 e. The minimum atomic E-state index is -0.720. The van der Waals surface area contributed by atoms with E-state index in [-0.39, 0.29) is 16.8 Å². The van der Waals surface area contributed by atoms with E-state index in [0.29, 0.717) is 13.1 Å². The summed E-state index contributed by atoms with van der Waals surface area (Å²) < 4.78 is 32.7. The smallest absolute Gasteiger partial charge is 0.169 e. The van der Waals surface area contributed by atoms with Gasteiger partial charge in [-0.05, 0) is 34.1 Å². The van der Waals surface area contributed by atoms with Crippen LogP contribution in [-0.2, 0) is 6.54 Å². The predicted octanol–water partition coefficient (Wildman–Crippen LogP) is 4.61. The van der Waals surface area contributed by atoms with Gasteiger partial charge in [-0.15, -0.1) is 11.3 Å². The summed E-state index contributed by atoms with van der Waals surface area (Å²) >= 11 is 10.4. The average molecular weight is 383 g/mol. The molecule has 0 saturated carbocycles. The first-order valence-electron chi connectivity index (χ1n) is 5.78. The SMILES string of the molecule is Fc1cc(F)c(OCCNCc2ccc(Cl)s2)c(Br)c1. The third-order valence-electron chi connectivity index (χ3n) is 2.42. The summed E-state index contributed by atoms with van der Waals surface area (Å²) in [7, 11) is 0. The van der Waals surface area contributed by atoms with E-state index in [1.165, 1.54) is 17.4 Å². The lowest BCUT2D eigenvalue weighted by Gasteiger charge is -2.09. The molecular formula is C13H11BrClF2NOS. The summed E-state index contributed by atoms with van der Waals surface area (Å²) in [4.78, 5) is 1.11. The van der Waals surface area contributed by atoms with Crippen LogP contribution in [0.15, 0.2) is 28.7 Å². The van der Waals surface area contributed by atoms with Crippen molar-refractivity contribution in [1.29, 1.82) is 0 Å². The van der Waals surface area contributed by atoms with Gasteiger partial charge in [-0.1, -0.05) is 11.6 Å². The molecule has 0 bridgehead atoms. The van der Waals surface area contributed by atoms with Gasteiger partial charge >= 0.3 is 0 Å². The van der Waals surface area contributed by atoms with Crippen LogP contribution >= 0.6 is 38.9 Å². The van der Waals surface area contributed by atoms with Crippen molar-refractivity contribution in [3.63, 3.8) is 0 Å². The molecule has 0 saturated heterocycles. The highest BCUT2D eigenvalue weighted by molar-refractivity contribution is 9.10. The second-order valence-electron chi connectivity index (χ2n) is 3.93. The number of hydrogen-bond acceptors (Lipinski definition) is 3. The molecule has 2 nitrogen and oxygen atoms in total. The van der Waals surface area contributed by atoms with Gasteiger partial charge in [0.25, 0.3) is 0 Å². The van der Waals surface area contributed by atoms with Crippen molar-refractivity contribution in [2.75, 3.05) is 13.2 Å². The Bertz CT molecular complexity index is 570. The van der Waals surface area contributed by atoms with Gasteiger partial charge in [-0.2, -0.15) is 0 Å². The van der Waals surface area contributed by atoms with E-state index in [1.807, 2.05) is 12.1 Å². The third-order valence-corrected chi connectivity index (χ3v) is 4.24. The fourth-order valence-corrected chi connectivity index (χ4v) is 3.13. The molecule has 1 heterocycles. The molecule has 0 amide bonds. The molecule has 2 aromatic rings. The molecule has 0 aliphatic carbocycles. The molecule has 0 aliphatic rings. The zero-order chi connectivity index (χ0) is 14.5. The molecule has 0 radical (unpaired) electrons. The lowest BCUT2D eigenvalue weighted by molar-refractivity contribution is 0.295. The quantitative estimate of drug-likeness (QED) is 0.737. The normalized spacial score (nSPS) is 10.8. The molecule has 0 aliphatic heterocycles. The van der Waals surface area contributed by atoms with E-state index in [2.05, 4.69) is 21.2 Å². The first-order chi connectivity index (χ1) is 9.56. The fourth-order valence-electron chi connectivity index (χ4n) is 1.55. The average Bonchev–Trinajstić information content (AvgIpc) is 2.77. The zero-order valence-electron chi connectivity index (χ0n) is 10.3. The molecule has 0 atom stereocenters. The van der Waals surface area contributed by atoms with E-state index in [9.17, 15) is 8.78 Å². The van der Waals surface area contributed by atoms with Crippen molar-refractivity contribution in [3.8, 4) is 5.75 Å². The van der Waals surface area contributed by atoms with Crippen LogP contribution in [0.4, 0.5) is 8.78 Å². The van der Waals surface area contributed by atoms with Crippen molar-refractivity contribution in [2.24, 2.45) is 0 Å². The van der Waals surface area contributed by atoms with Crippen LogP contribution in [0.5, 0.6) is 5.75 Å². The summed E-state index contributed by atoms with van der Waals surface area (Å²) in [6.45, 7) is 1.49. The molecule has 1 N–H and O–H groups in total. The highest BCUT2D eigenvalue weighted by Gasteiger charge is 2.10. The molecule has 0 unspecified atom stereocenters. The molecule has 20 heavy (non-hydrogen) atoms. The molecule has 2 rings (SSSR count). The second kappa shape index (κ2) is 7.36. The number of hydrogen-bond donors (Lipinski definition) is 1. The fraction of sp³-hybridized carbons (Fsp3) is 0.231. The van der Waals surface area contributed by atoms with E-state index in [0.717, 1.165) is 15.3 Å². The van der Waals surface area contributed by atoms with Crippen molar-refractivity contribution < 1.29 is 13.5 Å². The van der Waals surface area contributed by atoms with Crippen LogP contribution in [0.25, 0.3) is 0 Å². The molecule has 0 fully saturated rings. The number of nitrogens with one attached hydrogen (secondary N) is 1. The Hall–Kier alpha value is -0.690. The number of thiophene rings is 1. The lowest BCUT2D eigenvalue weighted by Crippen LogP contribution is -2.20. The van der Waals surface area contributed by atoms with Gasteiger partial charge < -0.3 is 10.1 Å². The molecule has 7 heteroatoms. The van der Waals surface area contributed by atoms with Crippen molar-refractivity contribution in [2.45, 2.75) is 6.54 Å². The summed E-state index contributed by atoms with van der Waals surface area (Å²) in [5.41, 5.74) is 0. The number of benzene rings is 1. The molecule has 108 valence electrons. The number of halogens is 4. The first-order valence-corrected chi connectivity index (χ1v) is 7.77. The summed E-state index contributed by atoms with van der Waals surface area (Å²) in [5, 5.41) is 3.15. The monoisotopic (exact) mass is 381 g/mol. The Balaban J connectivity index is 1.76. The van der Waals surface area contributed by atoms with Gasteiger partial charge in [0, 0.05) is 24.0 Å². The maximum atomic E-state index is 13.5. The van der Waals surface area contributed by atoms with Crippen LogP contribution in [-0.4, -0.2) is 13.2 Å². The van der Waals surface area contributed by atoms with E-state index in [4.69, 9.17) is 16.3 Å². The third kappa shape index (κ3) is 4.41. The standard InChI is InChI=1S/C13H11BrClF2NOS/c14-10-5-8(16)6-11(17)13(10)19-4-3-18-7-9-1-2-12(15)20-9/h1-2,5-6,18H,3-4,7H2. The zero-order valence-corrected chi connectivity index (χ0v) is 13.4. The Morgan fingerprint density at radius 1 is 1.30 bits per heavy atom. The van der Waals surface area contributed by atoms with Crippen molar-refractivity contribution >= 4 is 38.9 Å². The molecule has 0 spiro atoms. The molecule has 1 aromatic carbocycles. The Labute approximate surface area is 132 Å². The van der Waals surface area contributed by atoms with Crippen LogP contribution in [0.1, 0.15) is 4.88 Å². The summed E-state index contributed by atoms with van der Waals surface area (Å²) in [6.07, 6.45) is 0. The predicted molar refractivity (Wildman–Crippen MR) is 80.6 cm³/mol. The highest BCUT2D eigenvalue weighted by atomic mass is 79.9. The summed E-state index contributed by atoms with van der Waals surface area (Å²) in [5.74, 6) is -1.34. The Morgan fingerprint density at radius 3 is 2.75 bits per heavy atom. The van der Waals surface area contributed by atoms with Gasteiger partial charge in [-0.25, -0.2) is 8.78 Å². The van der Waals surface area contributed by atoms with Gasteiger partial charge in [-0.3, -0.25) is 0 Å². The molecular weight excluding hydrogens is 372 g/mol. The van der Waals surface area contributed by atoms with E-state index < -0.39 is 11.6 Å². The van der Waals surface area contributed by atoms with Crippen LogP contribution in [0.3, 0.4) is 0 Å².